The Hall–Kier alpha value is 0.970. The van der Waals surface area contributed by atoms with Crippen LogP contribution in [0.25, 0.3) is 0 Å². The minimum atomic E-state index is 0.580. The summed E-state index contributed by atoms with van der Waals surface area (Å²) >= 11 is 6.17. The van der Waals surface area contributed by atoms with Crippen molar-refractivity contribution < 1.29 is 9.47 Å². The van der Waals surface area contributed by atoms with Crippen molar-refractivity contribution in [3.63, 3.8) is 0 Å². The molecule has 2 fully saturated rings. The predicted molar refractivity (Wildman–Crippen MR) is 76.1 cm³/mol. The van der Waals surface area contributed by atoms with E-state index in [4.69, 9.17) is 9.47 Å². The summed E-state index contributed by atoms with van der Waals surface area (Å²) in [6.07, 6.45) is 1.16. The smallest absolute Gasteiger partial charge is 0.0900 e. The van der Waals surface area contributed by atoms with E-state index in [0.29, 0.717) is 12.2 Å². The van der Waals surface area contributed by atoms with Crippen LogP contribution in [0.5, 0.6) is 0 Å². The van der Waals surface area contributed by atoms with Gasteiger partial charge < -0.3 is 9.47 Å². The van der Waals surface area contributed by atoms with Crippen LogP contribution in [-0.2, 0) is 9.47 Å². The first-order valence-electron chi connectivity index (χ1n) is 5.85. The van der Waals surface area contributed by atoms with Gasteiger partial charge in [0.05, 0.1) is 25.4 Å². The third kappa shape index (κ3) is 6.64. The molecule has 3 atom stereocenters. The van der Waals surface area contributed by atoms with E-state index < -0.39 is 0 Å². The molecule has 0 spiro atoms. The van der Waals surface area contributed by atoms with E-state index >= 15 is 0 Å². The molecule has 0 aromatic heterocycles. The van der Waals surface area contributed by atoms with Crippen LogP contribution in [0.15, 0.2) is 0 Å². The Kier molecular flexibility index (Phi) is 6.21. The van der Waals surface area contributed by atoms with Gasteiger partial charge in [0.15, 0.2) is 0 Å². The molecule has 2 saturated heterocycles. The summed E-state index contributed by atoms with van der Waals surface area (Å²) in [5, 5.41) is 0.779. The van der Waals surface area contributed by atoms with Crippen LogP contribution in [0.3, 0.4) is 0 Å². The zero-order valence-corrected chi connectivity index (χ0v) is 12.2. The Morgan fingerprint density at radius 3 is 2.31 bits per heavy atom. The monoisotopic (exact) mass is 280 g/mol. The SMILES string of the molecule is CC(CSCC1CO1)SCCSCC1CO1. The molecule has 0 aliphatic carbocycles. The summed E-state index contributed by atoms with van der Waals surface area (Å²) in [6.45, 7) is 4.32. The molecule has 2 rings (SSSR count). The van der Waals surface area contributed by atoms with Gasteiger partial charge in [0.1, 0.15) is 0 Å². The number of hydrogen-bond donors (Lipinski definition) is 0. The van der Waals surface area contributed by atoms with Gasteiger partial charge in [0.2, 0.25) is 0 Å². The molecule has 94 valence electrons. The maximum atomic E-state index is 5.19. The van der Waals surface area contributed by atoms with Gasteiger partial charge in [-0.2, -0.15) is 35.3 Å². The molecule has 2 nitrogen and oxygen atoms in total. The third-order valence-electron chi connectivity index (χ3n) is 2.39. The van der Waals surface area contributed by atoms with Crippen molar-refractivity contribution in [1.29, 1.82) is 0 Å². The number of rotatable bonds is 10. The molecular formula is C11H20O2S3. The lowest BCUT2D eigenvalue weighted by Gasteiger charge is -2.09. The molecule has 5 heteroatoms. The van der Waals surface area contributed by atoms with Crippen LogP contribution in [0.2, 0.25) is 0 Å². The topological polar surface area (TPSA) is 25.1 Å². The minimum absolute atomic E-state index is 0.580. The highest BCUT2D eigenvalue weighted by atomic mass is 32.2. The molecule has 0 N–H and O–H groups in total. The van der Waals surface area contributed by atoms with Crippen LogP contribution >= 0.6 is 35.3 Å². The van der Waals surface area contributed by atoms with Gasteiger partial charge in [0, 0.05) is 34.0 Å². The lowest BCUT2D eigenvalue weighted by Crippen LogP contribution is -2.04. The zero-order valence-electron chi connectivity index (χ0n) is 9.72. The van der Waals surface area contributed by atoms with Gasteiger partial charge in [-0.1, -0.05) is 6.92 Å². The lowest BCUT2D eigenvalue weighted by molar-refractivity contribution is 0.426. The average molecular weight is 280 g/mol. The average Bonchev–Trinajstić information content (AvgIpc) is 3.12. The first-order chi connectivity index (χ1) is 7.84. The Morgan fingerprint density at radius 2 is 1.69 bits per heavy atom. The quantitative estimate of drug-likeness (QED) is 0.452. The third-order valence-corrected chi connectivity index (χ3v) is 6.48. The summed E-state index contributed by atoms with van der Waals surface area (Å²) in [5.41, 5.74) is 0. The summed E-state index contributed by atoms with van der Waals surface area (Å²) < 4.78 is 10.4. The molecule has 2 aliphatic rings. The molecule has 0 radical (unpaired) electrons. The first kappa shape index (κ1) is 13.4. The second-order valence-corrected chi connectivity index (χ2v) is 7.98. The molecule has 16 heavy (non-hydrogen) atoms. The van der Waals surface area contributed by atoms with Gasteiger partial charge in [0.25, 0.3) is 0 Å². The molecule has 0 bridgehead atoms. The van der Waals surface area contributed by atoms with Gasteiger partial charge in [-0.3, -0.25) is 0 Å². The Balaban J connectivity index is 1.33. The molecule has 2 aliphatic heterocycles. The van der Waals surface area contributed by atoms with Crippen LogP contribution in [0.1, 0.15) is 6.92 Å². The van der Waals surface area contributed by atoms with Crippen molar-refractivity contribution in [3.8, 4) is 0 Å². The fraction of sp³-hybridized carbons (Fsp3) is 1.00. The standard InChI is InChI=1S/C11H20O2S3/c1-9(6-15-8-11-5-13-11)16-3-2-14-7-10-4-12-10/h9-11H,2-8H2,1H3. The molecule has 0 amide bonds. The minimum Gasteiger partial charge on any atom is -0.372 e. The van der Waals surface area contributed by atoms with Crippen molar-refractivity contribution in [2.45, 2.75) is 24.4 Å². The molecule has 2 heterocycles. The van der Waals surface area contributed by atoms with Crippen molar-refractivity contribution >= 4 is 35.3 Å². The predicted octanol–water partition coefficient (Wildman–Crippen LogP) is 2.37. The zero-order chi connectivity index (χ0) is 11.2. The highest BCUT2D eigenvalue weighted by Gasteiger charge is 2.22. The lowest BCUT2D eigenvalue weighted by atomic mass is 10.6. The normalized spacial score (nSPS) is 29.1. The van der Waals surface area contributed by atoms with E-state index in [1.807, 2.05) is 23.5 Å². The van der Waals surface area contributed by atoms with Crippen molar-refractivity contribution in [2.24, 2.45) is 0 Å². The molecular weight excluding hydrogens is 260 g/mol. The van der Waals surface area contributed by atoms with Crippen molar-refractivity contribution in [3.05, 3.63) is 0 Å². The van der Waals surface area contributed by atoms with E-state index in [-0.39, 0.29) is 0 Å². The van der Waals surface area contributed by atoms with E-state index in [0.717, 1.165) is 18.5 Å². The van der Waals surface area contributed by atoms with Gasteiger partial charge in [-0.15, -0.1) is 0 Å². The molecule has 0 aromatic carbocycles. The summed E-state index contributed by atoms with van der Waals surface area (Å²) in [7, 11) is 0. The second-order valence-electron chi connectivity index (χ2n) is 4.20. The number of hydrogen-bond acceptors (Lipinski definition) is 5. The van der Waals surface area contributed by atoms with Crippen molar-refractivity contribution in [1.82, 2.24) is 0 Å². The largest absolute Gasteiger partial charge is 0.372 e. The van der Waals surface area contributed by atoms with Gasteiger partial charge >= 0.3 is 0 Å². The molecule has 0 saturated carbocycles. The second kappa shape index (κ2) is 7.41. The van der Waals surface area contributed by atoms with Crippen LogP contribution in [-0.4, -0.2) is 59.4 Å². The van der Waals surface area contributed by atoms with Crippen LogP contribution < -0.4 is 0 Å². The van der Waals surface area contributed by atoms with Crippen LogP contribution in [0, 0.1) is 0 Å². The maximum Gasteiger partial charge on any atom is 0.0900 e. The summed E-state index contributed by atoms with van der Waals surface area (Å²) in [6, 6.07) is 0. The highest BCUT2D eigenvalue weighted by Crippen LogP contribution is 2.22. The van der Waals surface area contributed by atoms with Gasteiger partial charge in [-0.25, -0.2) is 0 Å². The fourth-order valence-corrected chi connectivity index (χ4v) is 4.74. The maximum absolute atomic E-state index is 5.19. The number of ether oxygens (including phenoxy) is 2. The first-order valence-corrected chi connectivity index (χ1v) is 9.20. The summed E-state index contributed by atoms with van der Waals surface area (Å²) in [5.74, 6) is 6.20. The van der Waals surface area contributed by atoms with Crippen LogP contribution in [0.4, 0.5) is 0 Å². The van der Waals surface area contributed by atoms with E-state index in [1.165, 1.54) is 28.8 Å². The molecule has 3 unspecified atom stereocenters. The Bertz CT molecular complexity index is 196. The summed E-state index contributed by atoms with van der Waals surface area (Å²) in [4.78, 5) is 0. The molecule has 0 aromatic rings. The van der Waals surface area contributed by atoms with Crippen molar-refractivity contribution in [2.75, 3.05) is 42.0 Å². The Morgan fingerprint density at radius 1 is 1.06 bits per heavy atom. The van der Waals surface area contributed by atoms with E-state index in [2.05, 4.69) is 18.7 Å². The fourth-order valence-electron chi connectivity index (χ4n) is 1.27. The number of epoxide rings is 2. The van der Waals surface area contributed by atoms with Gasteiger partial charge in [-0.05, 0) is 0 Å². The van der Waals surface area contributed by atoms with E-state index in [9.17, 15) is 0 Å². The Labute approximate surface area is 111 Å². The highest BCUT2D eigenvalue weighted by molar-refractivity contribution is 8.04. The number of thioether (sulfide) groups is 3. The van der Waals surface area contributed by atoms with E-state index in [1.54, 1.807) is 0 Å².